The summed E-state index contributed by atoms with van der Waals surface area (Å²) < 4.78 is 6.15. The summed E-state index contributed by atoms with van der Waals surface area (Å²) in [5.41, 5.74) is -0.0927. The predicted octanol–water partition coefficient (Wildman–Crippen LogP) is 5.11. The highest BCUT2D eigenvalue weighted by atomic mass is 16.5. The Morgan fingerprint density at radius 1 is 1.22 bits per heavy atom. The summed E-state index contributed by atoms with van der Waals surface area (Å²) in [4.78, 5) is 10.6. The van der Waals surface area contributed by atoms with E-state index in [1.165, 1.54) is 0 Å². The van der Waals surface area contributed by atoms with Crippen LogP contribution in [0.25, 0.3) is 0 Å². The SMILES string of the molecule is CCCCC(C)(C)[C@@H](O)/C=C/[C@H]1[C@@H](C/C=C\CCCC(=O)O)[C@@H]2CC[C@H]1O2. The summed E-state index contributed by atoms with van der Waals surface area (Å²) in [5, 5.41) is 19.3. The highest BCUT2D eigenvalue weighted by molar-refractivity contribution is 5.66. The molecule has 0 amide bonds. The molecule has 4 heteroatoms. The molecule has 2 N–H and O–H groups in total. The van der Waals surface area contributed by atoms with Crippen LogP contribution in [-0.4, -0.2) is 34.5 Å². The molecule has 2 saturated heterocycles. The molecule has 2 bridgehead atoms. The zero-order valence-electron chi connectivity index (χ0n) is 17.3. The minimum Gasteiger partial charge on any atom is -0.481 e. The number of carbonyl (C=O) groups is 1. The van der Waals surface area contributed by atoms with Crippen LogP contribution >= 0.6 is 0 Å². The van der Waals surface area contributed by atoms with Gasteiger partial charge in [-0.2, -0.15) is 0 Å². The molecular formula is C23H38O4. The van der Waals surface area contributed by atoms with E-state index in [2.05, 4.69) is 39.0 Å². The van der Waals surface area contributed by atoms with E-state index in [-0.39, 0.29) is 11.8 Å². The monoisotopic (exact) mass is 378 g/mol. The average Bonchev–Trinajstić information content (AvgIpc) is 3.22. The number of fused-ring (bicyclic) bond motifs is 2. The third-order valence-electron chi connectivity index (χ3n) is 6.31. The van der Waals surface area contributed by atoms with Crippen molar-refractivity contribution in [3.63, 3.8) is 0 Å². The summed E-state index contributed by atoms with van der Waals surface area (Å²) >= 11 is 0. The maximum absolute atomic E-state index is 10.6. The number of carboxylic acid groups (broad SMARTS) is 1. The lowest BCUT2D eigenvalue weighted by atomic mass is 9.76. The summed E-state index contributed by atoms with van der Waals surface area (Å²) in [5.74, 6) is 0.126. The van der Waals surface area contributed by atoms with Crippen molar-refractivity contribution in [1.82, 2.24) is 0 Å². The molecule has 4 nitrogen and oxygen atoms in total. The number of aliphatic hydroxyl groups excluding tert-OH is 1. The lowest BCUT2D eigenvalue weighted by Crippen LogP contribution is -2.29. The second-order valence-corrected chi connectivity index (χ2v) is 8.95. The third-order valence-corrected chi connectivity index (χ3v) is 6.31. The Morgan fingerprint density at radius 3 is 2.67 bits per heavy atom. The fourth-order valence-corrected chi connectivity index (χ4v) is 4.40. The van der Waals surface area contributed by atoms with Crippen LogP contribution in [0, 0.1) is 17.3 Å². The van der Waals surface area contributed by atoms with Crippen molar-refractivity contribution >= 4 is 5.97 Å². The van der Waals surface area contributed by atoms with Gasteiger partial charge in [0.05, 0.1) is 18.3 Å². The Bertz CT molecular complexity index is 522. The van der Waals surface area contributed by atoms with E-state index in [4.69, 9.17) is 9.84 Å². The average molecular weight is 379 g/mol. The molecule has 0 aromatic rings. The van der Waals surface area contributed by atoms with Gasteiger partial charge in [0.1, 0.15) is 0 Å². The Hall–Kier alpha value is -1.13. The third kappa shape index (κ3) is 6.46. The van der Waals surface area contributed by atoms with E-state index in [1.807, 2.05) is 6.08 Å². The molecule has 27 heavy (non-hydrogen) atoms. The number of aliphatic hydroxyl groups is 1. The van der Waals surface area contributed by atoms with E-state index in [9.17, 15) is 9.90 Å². The van der Waals surface area contributed by atoms with Crippen LogP contribution < -0.4 is 0 Å². The molecule has 2 heterocycles. The Balaban J connectivity index is 1.88. The van der Waals surface area contributed by atoms with Gasteiger partial charge in [0.2, 0.25) is 0 Å². The first kappa shape index (κ1) is 22.2. The number of allylic oxidation sites excluding steroid dienone is 2. The minimum atomic E-state index is -0.726. The number of aliphatic carboxylic acids is 1. The number of hydrogen-bond acceptors (Lipinski definition) is 3. The van der Waals surface area contributed by atoms with Gasteiger partial charge < -0.3 is 14.9 Å². The van der Waals surface area contributed by atoms with Crippen LogP contribution in [0.15, 0.2) is 24.3 Å². The molecule has 0 aromatic carbocycles. The van der Waals surface area contributed by atoms with E-state index in [0.717, 1.165) is 44.9 Å². The quantitative estimate of drug-likeness (QED) is 0.366. The lowest BCUT2D eigenvalue weighted by Gasteiger charge is -2.30. The zero-order chi connectivity index (χ0) is 19.9. The van der Waals surface area contributed by atoms with Crippen LogP contribution in [0.5, 0.6) is 0 Å². The van der Waals surface area contributed by atoms with Crippen molar-refractivity contribution < 1.29 is 19.7 Å². The summed E-state index contributed by atoms with van der Waals surface area (Å²) in [6.07, 6.45) is 17.0. The molecule has 0 unspecified atom stereocenters. The number of hydrogen-bond donors (Lipinski definition) is 2. The first-order valence-corrected chi connectivity index (χ1v) is 10.7. The van der Waals surface area contributed by atoms with Gasteiger partial charge in [-0.15, -0.1) is 0 Å². The van der Waals surface area contributed by atoms with Crippen molar-refractivity contribution in [2.24, 2.45) is 17.3 Å². The second-order valence-electron chi connectivity index (χ2n) is 8.95. The minimum absolute atomic E-state index is 0.0927. The van der Waals surface area contributed by atoms with Gasteiger partial charge in [-0.1, -0.05) is 57.9 Å². The van der Waals surface area contributed by atoms with Crippen molar-refractivity contribution in [1.29, 1.82) is 0 Å². The highest BCUT2D eigenvalue weighted by Gasteiger charge is 2.47. The number of unbranched alkanes of at least 4 members (excludes halogenated alkanes) is 2. The first-order chi connectivity index (χ1) is 12.8. The van der Waals surface area contributed by atoms with Crippen LogP contribution in [0.2, 0.25) is 0 Å². The second kappa shape index (κ2) is 10.4. The van der Waals surface area contributed by atoms with E-state index in [0.29, 0.717) is 30.5 Å². The topological polar surface area (TPSA) is 66.8 Å². The molecule has 0 aliphatic carbocycles. The van der Waals surface area contributed by atoms with Crippen LogP contribution in [0.1, 0.15) is 78.6 Å². The summed E-state index contributed by atoms with van der Waals surface area (Å²) in [6, 6.07) is 0. The number of ether oxygens (including phenoxy) is 1. The van der Waals surface area contributed by atoms with Gasteiger partial charge in [-0.25, -0.2) is 0 Å². The molecule has 0 aromatic heterocycles. The van der Waals surface area contributed by atoms with Crippen molar-refractivity contribution in [2.45, 2.75) is 96.9 Å². The summed E-state index contributed by atoms with van der Waals surface area (Å²) in [6.45, 7) is 6.48. The van der Waals surface area contributed by atoms with Crippen LogP contribution in [0.3, 0.4) is 0 Å². The standard InChI is InChI=1S/C23H38O4/c1-4-5-16-23(2,3)21(24)15-12-18-17(19-13-14-20(18)27-19)10-8-6-7-9-11-22(25)26/h6,8,12,15,17-21,24H,4-5,7,9-11,13-14,16H2,1-3H3,(H,25,26)/b8-6-,15-12+/t17-,18+,19+,20-,21+/m1/s1. The molecule has 0 spiro atoms. The zero-order valence-corrected chi connectivity index (χ0v) is 17.3. The molecule has 5 atom stereocenters. The fraction of sp³-hybridized carbons (Fsp3) is 0.783. The summed E-state index contributed by atoms with van der Waals surface area (Å²) in [7, 11) is 0. The normalized spacial score (nSPS) is 29.2. The van der Waals surface area contributed by atoms with Crippen molar-refractivity contribution in [3.8, 4) is 0 Å². The van der Waals surface area contributed by atoms with E-state index < -0.39 is 12.1 Å². The smallest absolute Gasteiger partial charge is 0.303 e. The molecule has 0 saturated carbocycles. The molecule has 2 rings (SSSR count). The first-order valence-electron chi connectivity index (χ1n) is 10.7. The van der Waals surface area contributed by atoms with Crippen LogP contribution in [-0.2, 0) is 9.53 Å². The number of rotatable bonds is 12. The van der Waals surface area contributed by atoms with Gasteiger partial charge >= 0.3 is 5.97 Å². The maximum atomic E-state index is 10.6. The molecule has 0 radical (unpaired) electrons. The molecule has 2 aliphatic heterocycles. The molecular weight excluding hydrogens is 340 g/mol. The fourth-order valence-electron chi connectivity index (χ4n) is 4.40. The molecule has 154 valence electrons. The highest BCUT2D eigenvalue weighted by Crippen LogP contribution is 2.46. The molecule has 2 aliphatic rings. The largest absolute Gasteiger partial charge is 0.481 e. The van der Waals surface area contributed by atoms with E-state index >= 15 is 0 Å². The van der Waals surface area contributed by atoms with Crippen molar-refractivity contribution in [3.05, 3.63) is 24.3 Å². The number of carboxylic acids is 1. The van der Waals surface area contributed by atoms with Crippen molar-refractivity contribution in [2.75, 3.05) is 0 Å². The van der Waals surface area contributed by atoms with Gasteiger partial charge in [-0.05, 0) is 49.9 Å². The van der Waals surface area contributed by atoms with Gasteiger partial charge in [0.15, 0.2) is 0 Å². The molecule has 2 fully saturated rings. The maximum Gasteiger partial charge on any atom is 0.303 e. The van der Waals surface area contributed by atoms with Gasteiger partial charge in [0, 0.05) is 12.3 Å². The van der Waals surface area contributed by atoms with Gasteiger partial charge in [0.25, 0.3) is 0 Å². The predicted molar refractivity (Wildman–Crippen MR) is 109 cm³/mol. The Kier molecular flexibility index (Phi) is 8.56. The lowest BCUT2D eigenvalue weighted by molar-refractivity contribution is -0.137. The van der Waals surface area contributed by atoms with Gasteiger partial charge in [-0.3, -0.25) is 4.79 Å². The Morgan fingerprint density at radius 2 is 1.96 bits per heavy atom. The Labute approximate surface area is 164 Å². The van der Waals surface area contributed by atoms with Crippen LogP contribution in [0.4, 0.5) is 0 Å². The van der Waals surface area contributed by atoms with E-state index in [1.54, 1.807) is 0 Å².